The molecule has 0 saturated carbocycles. The molecule has 9 heteroatoms. The molecule has 2 aromatic heterocycles. The zero-order valence-electron chi connectivity index (χ0n) is 14.4. The van der Waals surface area contributed by atoms with Crippen LogP contribution in [0, 0.1) is 0 Å². The van der Waals surface area contributed by atoms with Gasteiger partial charge in [0.15, 0.2) is 5.82 Å². The fourth-order valence-corrected chi connectivity index (χ4v) is 2.33. The standard InChI is InChI=1S/C17H20N6O3/c1-23-16(20-21-22-23)13-5-2-6-14(11-13)19-17(24)18-8-4-9-25-12-15-7-3-10-26-15/h2-3,5-7,10-11H,4,8-9,12H2,1H3,(H2,18,19,24). The Balaban J connectivity index is 1.39. The molecule has 2 N–H and O–H groups in total. The summed E-state index contributed by atoms with van der Waals surface area (Å²) in [5, 5.41) is 17.0. The van der Waals surface area contributed by atoms with E-state index in [4.69, 9.17) is 9.15 Å². The maximum absolute atomic E-state index is 12.0. The number of carbonyl (C=O) groups is 1. The first kappa shape index (κ1) is 17.6. The van der Waals surface area contributed by atoms with E-state index in [2.05, 4.69) is 26.2 Å². The molecule has 2 amide bonds. The minimum atomic E-state index is -0.274. The maximum atomic E-state index is 12.0. The van der Waals surface area contributed by atoms with E-state index in [1.807, 2.05) is 30.3 Å². The van der Waals surface area contributed by atoms with Crippen molar-refractivity contribution >= 4 is 11.7 Å². The monoisotopic (exact) mass is 356 g/mol. The second-order valence-corrected chi connectivity index (χ2v) is 5.57. The van der Waals surface area contributed by atoms with Gasteiger partial charge in [-0.3, -0.25) is 0 Å². The first-order chi connectivity index (χ1) is 12.7. The van der Waals surface area contributed by atoms with Crippen molar-refractivity contribution in [3.8, 4) is 11.4 Å². The Morgan fingerprint density at radius 3 is 3.00 bits per heavy atom. The van der Waals surface area contributed by atoms with Crippen LogP contribution in [0.1, 0.15) is 12.2 Å². The zero-order valence-corrected chi connectivity index (χ0v) is 14.4. The molecule has 3 aromatic rings. The first-order valence-electron chi connectivity index (χ1n) is 8.20. The molecular weight excluding hydrogens is 336 g/mol. The molecule has 0 unspecified atom stereocenters. The van der Waals surface area contributed by atoms with Crippen molar-refractivity contribution in [1.29, 1.82) is 0 Å². The van der Waals surface area contributed by atoms with Crippen molar-refractivity contribution < 1.29 is 13.9 Å². The van der Waals surface area contributed by atoms with Crippen LogP contribution >= 0.6 is 0 Å². The van der Waals surface area contributed by atoms with Crippen molar-refractivity contribution in [3.63, 3.8) is 0 Å². The summed E-state index contributed by atoms with van der Waals surface area (Å²) < 4.78 is 12.2. The summed E-state index contributed by atoms with van der Waals surface area (Å²) in [5.74, 6) is 1.41. The Morgan fingerprint density at radius 2 is 2.23 bits per heavy atom. The fourth-order valence-electron chi connectivity index (χ4n) is 2.33. The predicted octanol–water partition coefficient (Wildman–Crippen LogP) is 2.20. The highest BCUT2D eigenvalue weighted by Crippen LogP contribution is 2.19. The molecule has 0 spiro atoms. The lowest BCUT2D eigenvalue weighted by molar-refractivity contribution is 0.104. The molecule has 26 heavy (non-hydrogen) atoms. The van der Waals surface area contributed by atoms with Crippen LogP contribution in [-0.2, 0) is 18.4 Å². The summed E-state index contributed by atoms with van der Waals surface area (Å²) in [6.45, 7) is 1.48. The quantitative estimate of drug-likeness (QED) is 0.599. The van der Waals surface area contributed by atoms with Gasteiger partial charge in [-0.1, -0.05) is 12.1 Å². The van der Waals surface area contributed by atoms with Crippen molar-refractivity contribution in [2.75, 3.05) is 18.5 Å². The van der Waals surface area contributed by atoms with E-state index in [0.29, 0.717) is 37.7 Å². The van der Waals surface area contributed by atoms with Crippen LogP contribution in [0.3, 0.4) is 0 Å². The van der Waals surface area contributed by atoms with Crippen LogP contribution in [-0.4, -0.2) is 39.4 Å². The summed E-state index contributed by atoms with van der Waals surface area (Å²) >= 11 is 0. The van der Waals surface area contributed by atoms with E-state index in [9.17, 15) is 4.79 Å². The van der Waals surface area contributed by atoms with E-state index in [1.54, 1.807) is 24.1 Å². The molecule has 9 nitrogen and oxygen atoms in total. The van der Waals surface area contributed by atoms with Gasteiger partial charge in [-0.2, -0.15) is 0 Å². The van der Waals surface area contributed by atoms with E-state index >= 15 is 0 Å². The minimum Gasteiger partial charge on any atom is -0.467 e. The van der Waals surface area contributed by atoms with Crippen molar-refractivity contribution in [2.45, 2.75) is 13.0 Å². The smallest absolute Gasteiger partial charge is 0.319 e. The number of anilines is 1. The number of hydrogen-bond acceptors (Lipinski definition) is 6. The van der Waals surface area contributed by atoms with Crippen LogP contribution in [0.15, 0.2) is 47.1 Å². The number of furan rings is 1. The number of ether oxygens (including phenoxy) is 1. The minimum absolute atomic E-state index is 0.274. The number of hydrogen-bond donors (Lipinski definition) is 2. The van der Waals surface area contributed by atoms with Gasteiger partial charge in [0.2, 0.25) is 0 Å². The number of benzene rings is 1. The SMILES string of the molecule is Cn1nnnc1-c1cccc(NC(=O)NCCCOCc2ccco2)c1. The third kappa shape index (κ3) is 4.90. The molecule has 0 bridgehead atoms. The van der Waals surface area contributed by atoms with Crippen molar-refractivity contribution in [2.24, 2.45) is 7.05 Å². The highest BCUT2D eigenvalue weighted by atomic mass is 16.5. The van der Waals surface area contributed by atoms with Crippen LogP contribution in [0.2, 0.25) is 0 Å². The van der Waals surface area contributed by atoms with E-state index in [0.717, 1.165) is 11.3 Å². The molecule has 0 aliphatic carbocycles. The number of nitrogens with one attached hydrogen (secondary N) is 2. The molecule has 2 heterocycles. The summed E-state index contributed by atoms with van der Waals surface area (Å²) in [7, 11) is 1.76. The number of aryl methyl sites for hydroxylation is 1. The zero-order chi connectivity index (χ0) is 18.2. The number of carbonyl (C=O) groups excluding carboxylic acids is 1. The average Bonchev–Trinajstić information content (AvgIpc) is 3.29. The highest BCUT2D eigenvalue weighted by molar-refractivity contribution is 5.89. The first-order valence-corrected chi connectivity index (χ1v) is 8.20. The van der Waals surface area contributed by atoms with Gasteiger partial charge in [0, 0.05) is 31.5 Å². The van der Waals surface area contributed by atoms with Gasteiger partial charge in [0.05, 0.1) is 6.26 Å². The Labute approximate surface area is 150 Å². The fraction of sp³-hybridized carbons (Fsp3) is 0.294. The normalized spacial score (nSPS) is 10.7. The summed E-state index contributed by atoms with van der Waals surface area (Å²) in [6.07, 6.45) is 2.32. The van der Waals surface area contributed by atoms with Gasteiger partial charge in [-0.15, -0.1) is 5.10 Å². The second-order valence-electron chi connectivity index (χ2n) is 5.57. The van der Waals surface area contributed by atoms with Crippen molar-refractivity contribution in [3.05, 3.63) is 48.4 Å². The molecule has 0 aliphatic rings. The number of tetrazole rings is 1. The Hall–Kier alpha value is -3.20. The number of rotatable bonds is 8. The number of nitrogens with zero attached hydrogens (tertiary/aromatic N) is 4. The van der Waals surface area contributed by atoms with Crippen LogP contribution < -0.4 is 10.6 Å². The molecule has 0 saturated heterocycles. The Morgan fingerprint density at radius 1 is 1.31 bits per heavy atom. The number of amides is 2. The van der Waals surface area contributed by atoms with Crippen molar-refractivity contribution in [1.82, 2.24) is 25.5 Å². The molecule has 0 radical (unpaired) electrons. The van der Waals surface area contributed by atoms with Gasteiger partial charge in [0.1, 0.15) is 12.4 Å². The third-order valence-corrected chi connectivity index (χ3v) is 3.57. The van der Waals surface area contributed by atoms with Crippen LogP contribution in [0.25, 0.3) is 11.4 Å². The predicted molar refractivity (Wildman–Crippen MR) is 94.2 cm³/mol. The van der Waals surface area contributed by atoms with Gasteiger partial charge >= 0.3 is 6.03 Å². The lowest BCUT2D eigenvalue weighted by Crippen LogP contribution is -2.30. The molecule has 0 fully saturated rings. The molecule has 0 aliphatic heterocycles. The summed E-state index contributed by atoms with van der Waals surface area (Å²) in [5.41, 5.74) is 1.48. The number of urea groups is 1. The topological polar surface area (TPSA) is 107 Å². The van der Waals surface area contributed by atoms with Gasteiger partial charge < -0.3 is 19.8 Å². The lowest BCUT2D eigenvalue weighted by Gasteiger charge is -2.09. The molecule has 136 valence electrons. The largest absolute Gasteiger partial charge is 0.467 e. The van der Waals surface area contributed by atoms with Gasteiger partial charge in [-0.05, 0) is 41.1 Å². The lowest BCUT2D eigenvalue weighted by atomic mass is 10.2. The van der Waals surface area contributed by atoms with E-state index in [-0.39, 0.29) is 6.03 Å². The third-order valence-electron chi connectivity index (χ3n) is 3.57. The van der Waals surface area contributed by atoms with E-state index in [1.165, 1.54) is 0 Å². The van der Waals surface area contributed by atoms with E-state index < -0.39 is 0 Å². The Kier molecular flexibility index (Phi) is 5.94. The van der Waals surface area contributed by atoms with Gasteiger partial charge in [0.25, 0.3) is 0 Å². The molecule has 1 aromatic carbocycles. The Bertz CT molecular complexity index is 831. The summed E-state index contributed by atoms with van der Waals surface area (Å²) in [4.78, 5) is 12.0. The number of aromatic nitrogens is 4. The van der Waals surface area contributed by atoms with Crippen LogP contribution in [0.4, 0.5) is 10.5 Å². The maximum Gasteiger partial charge on any atom is 0.319 e. The summed E-state index contributed by atoms with van der Waals surface area (Å²) in [6, 6.07) is 10.7. The molecule has 3 rings (SSSR count). The molecular formula is C17H20N6O3. The second kappa shape index (κ2) is 8.77. The molecule has 0 atom stereocenters. The van der Waals surface area contributed by atoms with Gasteiger partial charge in [-0.25, -0.2) is 9.48 Å². The average molecular weight is 356 g/mol. The van der Waals surface area contributed by atoms with Crippen LogP contribution in [0.5, 0.6) is 0 Å². The highest BCUT2D eigenvalue weighted by Gasteiger charge is 2.07.